The lowest BCUT2D eigenvalue weighted by Crippen LogP contribution is -2.55. The van der Waals surface area contributed by atoms with Crippen molar-refractivity contribution in [2.24, 2.45) is 0 Å². The van der Waals surface area contributed by atoms with Crippen LogP contribution in [0.25, 0.3) is 0 Å². The third kappa shape index (κ3) is 4.82. The van der Waals surface area contributed by atoms with Gasteiger partial charge in [-0.05, 0) is 46.6 Å². The van der Waals surface area contributed by atoms with Gasteiger partial charge in [0.15, 0.2) is 0 Å². The van der Waals surface area contributed by atoms with Crippen LogP contribution in [0, 0.1) is 11.3 Å². The number of hydrogen-bond donors (Lipinski definition) is 4. The summed E-state index contributed by atoms with van der Waals surface area (Å²) in [6.45, 7) is 5.75. The molecule has 166 valence electrons. The molecule has 4 N–H and O–H groups in total. The predicted molar refractivity (Wildman–Crippen MR) is 117 cm³/mol. The van der Waals surface area contributed by atoms with Gasteiger partial charge in [0.2, 0.25) is 0 Å². The molecule has 1 aliphatic rings. The molecule has 0 aliphatic carbocycles. The summed E-state index contributed by atoms with van der Waals surface area (Å²) in [5.41, 5.74) is 5.16. The molecule has 6 heteroatoms. The molecule has 1 fully saturated rings. The Morgan fingerprint density at radius 3 is 2.19 bits per heavy atom. The number of nitriles is 1. The van der Waals surface area contributed by atoms with E-state index < -0.39 is 37.1 Å². The topological polar surface area (TPSA) is 114 Å². The van der Waals surface area contributed by atoms with Crippen LogP contribution in [-0.4, -0.2) is 51.4 Å². The highest BCUT2D eigenvalue weighted by Crippen LogP contribution is 2.35. The quantitative estimate of drug-likeness (QED) is 0.565. The molecule has 0 saturated carbocycles. The first-order chi connectivity index (χ1) is 14.8. The summed E-state index contributed by atoms with van der Waals surface area (Å²) < 4.78 is 5.74. The fourth-order valence-electron chi connectivity index (χ4n) is 4.14. The normalized spacial score (nSPS) is 26.1. The van der Waals surface area contributed by atoms with Gasteiger partial charge in [-0.25, -0.2) is 0 Å². The van der Waals surface area contributed by atoms with Crippen molar-refractivity contribution >= 4 is 0 Å². The van der Waals surface area contributed by atoms with E-state index in [0.29, 0.717) is 29.9 Å². The van der Waals surface area contributed by atoms with E-state index in [0.717, 1.165) is 16.7 Å². The zero-order chi connectivity index (χ0) is 22.7. The standard InChI is InChI=1S/C25H31NO5/c1-4-16-10-19(25-24(30)23(29)22(28)21(13-27)31-25)11-18(20(16)12-26)9-15-5-7-17(8-6-15)14(2)3/h5-8,10-11,14,21-25,27-30H,4,9,13H2,1-3H3/t21-,22-,23+,24-,25+/m1/s1. The predicted octanol–water partition coefficient (Wildman–Crippen LogP) is 2.35. The number of aliphatic hydroxyl groups is 4. The van der Waals surface area contributed by atoms with E-state index in [9.17, 15) is 25.7 Å². The molecular weight excluding hydrogens is 394 g/mol. The first-order valence-corrected chi connectivity index (χ1v) is 10.8. The Morgan fingerprint density at radius 2 is 1.65 bits per heavy atom. The molecule has 1 heterocycles. The van der Waals surface area contributed by atoms with Crippen LogP contribution in [-0.2, 0) is 17.6 Å². The van der Waals surface area contributed by atoms with Crippen molar-refractivity contribution in [3.05, 3.63) is 69.8 Å². The highest BCUT2D eigenvalue weighted by molar-refractivity contribution is 5.50. The number of aliphatic hydroxyl groups excluding tert-OH is 4. The highest BCUT2D eigenvalue weighted by Gasteiger charge is 2.44. The molecule has 2 aromatic carbocycles. The van der Waals surface area contributed by atoms with Crippen LogP contribution in [0.5, 0.6) is 0 Å². The summed E-state index contributed by atoms with van der Waals surface area (Å²) >= 11 is 0. The van der Waals surface area contributed by atoms with Crippen molar-refractivity contribution in [2.45, 2.75) is 70.1 Å². The largest absolute Gasteiger partial charge is 0.394 e. The van der Waals surface area contributed by atoms with E-state index in [-0.39, 0.29) is 0 Å². The maximum atomic E-state index is 10.5. The second-order valence-corrected chi connectivity index (χ2v) is 8.50. The minimum absolute atomic E-state index is 0.435. The first kappa shape index (κ1) is 23.4. The van der Waals surface area contributed by atoms with Crippen LogP contribution in [0.4, 0.5) is 0 Å². The maximum Gasteiger partial charge on any atom is 0.113 e. The summed E-state index contributed by atoms with van der Waals surface area (Å²) in [5, 5.41) is 50.1. The van der Waals surface area contributed by atoms with Gasteiger partial charge in [0.25, 0.3) is 0 Å². The van der Waals surface area contributed by atoms with Gasteiger partial charge in [-0.2, -0.15) is 5.26 Å². The lowest BCUT2D eigenvalue weighted by atomic mass is 9.86. The molecule has 0 unspecified atom stereocenters. The number of nitrogens with zero attached hydrogens (tertiary/aromatic N) is 1. The van der Waals surface area contributed by atoms with Crippen LogP contribution in [0.1, 0.15) is 66.2 Å². The maximum absolute atomic E-state index is 10.5. The number of benzene rings is 2. The first-order valence-electron chi connectivity index (χ1n) is 10.8. The van der Waals surface area contributed by atoms with Gasteiger partial charge in [-0.1, -0.05) is 57.2 Å². The van der Waals surface area contributed by atoms with E-state index in [4.69, 9.17) is 4.74 Å². The molecule has 2 aromatic rings. The van der Waals surface area contributed by atoms with Gasteiger partial charge in [-0.3, -0.25) is 0 Å². The number of aryl methyl sites for hydroxylation is 1. The Kier molecular flexibility index (Phi) is 7.47. The average Bonchev–Trinajstić information content (AvgIpc) is 2.77. The number of ether oxygens (including phenoxy) is 1. The zero-order valence-corrected chi connectivity index (χ0v) is 18.2. The van der Waals surface area contributed by atoms with Gasteiger partial charge >= 0.3 is 0 Å². The van der Waals surface area contributed by atoms with E-state index in [1.54, 1.807) is 6.07 Å². The minimum atomic E-state index is -1.44. The second-order valence-electron chi connectivity index (χ2n) is 8.50. The van der Waals surface area contributed by atoms with Crippen LogP contribution in [0.2, 0.25) is 0 Å². The number of rotatable bonds is 6. The lowest BCUT2D eigenvalue weighted by Gasteiger charge is -2.40. The SMILES string of the molecule is CCc1cc([C@@H]2O[C@H](CO)[C@@H](O)[C@H](O)[C@H]2O)cc(Cc2ccc(C(C)C)cc2)c1C#N. The monoisotopic (exact) mass is 425 g/mol. The fourth-order valence-corrected chi connectivity index (χ4v) is 4.14. The summed E-state index contributed by atoms with van der Waals surface area (Å²) in [6.07, 6.45) is -4.93. The second kappa shape index (κ2) is 9.90. The Balaban J connectivity index is 2.00. The van der Waals surface area contributed by atoms with Gasteiger partial charge in [-0.15, -0.1) is 0 Å². The van der Waals surface area contributed by atoms with Crippen molar-refractivity contribution in [3.63, 3.8) is 0 Å². The average molecular weight is 426 g/mol. The molecule has 1 aliphatic heterocycles. The molecule has 0 bridgehead atoms. The Morgan fingerprint density at radius 1 is 1.00 bits per heavy atom. The molecule has 31 heavy (non-hydrogen) atoms. The van der Waals surface area contributed by atoms with Crippen molar-refractivity contribution in [1.82, 2.24) is 0 Å². The molecule has 1 saturated heterocycles. The molecule has 0 amide bonds. The molecule has 3 rings (SSSR count). The molecule has 0 radical (unpaired) electrons. The lowest BCUT2D eigenvalue weighted by molar-refractivity contribution is -0.231. The Labute approximate surface area is 183 Å². The van der Waals surface area contributed by atoms with Crippen LogP contribution in [0.15, 0.2) is 36.4 Å². The van der Waals surface area contributed by atoms with E-state index in [2.05, 4.69) is 44.2 Å². The molecular formula is C25H31NO5. The molecule has 0 spiro atoms. The van der Waals surface area contributed by atoms with Crippen LogP contribution >= 0.6 is 0 Å². The molecule has 5 atom stereocenters. The third-order valence-corrected chi connectivity index (χ3v) is 6.08. The van der Waals surface area contributed by atoms with Gasteiger partial charge in [0.05, 0.1) is 18.2 Å². The fraction of sp³-hybridized carbons (Fsp3) is 0.480. The van der Waals surface area contributed by atoms with Crippen molar-refractivity contribution < 1.29 is 25.2 Å². The Hall–Kier alpha value is -2.27. The summed E-state index contributed by atoms with van der Waals surface area (Å²) in [5.74, 6) is 0.435. The summed E-state index contributed by atoms with van der Waals surface area (Å²) in [7, 11) is 0. The van der Waals surface area contributed by atoms with Crippen molar-refractivity contribution in [2.75, 3.05) is 6.61 Å². The highest BCUT2D eigenvalue weighted by atomic mass is 16.5. The minimum Gasteiger partial charge on any atom is -0.394 e. The van der Waals surface area contributed by atoms with Crippen molar-refractivity contribution in [1.29, 1.82) is 5.26 Å². The molecule has 6 nitrogen and oxygen atoms in total. The van der Waals surface area contributed by atoms with E-state index in [1.807, 2.05) is 13.0 Å². The Bertz CT molecular complexity index is 932. The van der Waals surface area contributed by atoms with Gasteiger partial charge < -0.3 is 25.2 Å². The van der Waals surface area contributed by atoms with Gasteiger partial charge in [0.1, 0.15) is 30.5 Å². The van der Waals surface area contributed by atoms with Crippen LogP contribution < -0.4 is 0 Å². The van der Waals surface area contributed by atoms with Gasteiger partial charge in [0, 0.05) is 0 Å². The number of hydrogen-bond acceptors (Lipinski definition) is 6. The third-order valence-electron chi connectivity index (χ3n) is 6.08. The summed E-state index contributed by atoms with van der Waals surface area (Å²) in [6, 6.07) is 14.2. The zero-order valence-electron chi connectivity index (χ0n) is 18.2. The smallest absolute Gasteiger partial charge is 0.113 e. The van der Waals surface area contributed by atoms with E-state index >= 15 is 0 Å². The van der Waals surface area contributed by atoms with Crippen molar-refractivity contribution in [3.8, 4) is 6.07 Å². The van der Waals surface area contributed by atoms with Crippen LogP contribution in [0.3, 0.4) is 0 Å². The van der Waals surface area contributed by atoms with E-state index in [1.165, 1.54) is 5.56 Å². The summed E-state index contributed by atoms with van der Waals surface area (Å²) in [4.78, 5) is 0. The molecule has 0 aromatic heterocycles.